The van der Waals surface area contributed by atoms with Gasteiger partial charge in [-0.1, -0.05) is 187 Å². The van der Waals surface area contributed by atoms with Gasteiger partial charge in [0.1, 0.15) is 19.3 Å². The number of phosphoric acid groups is 1. The van der Waals surface area contributed by atoms with Gasteiger partial charge >= 0.3 is 7.82 Å². The van der Waals surface area contributed by atoms with Crippen LogP contribution < -0.4 is 5.32 Å². The van der Waals surface area contributed by atoms with Gasteiger partial charge in [0.15, 0.2) is 0 Å². The number of unbranched alkanes of at least 4 members (excludes halogenated alkanes) is 14. The van der Waals surface area contributed by atoms with Crippen molar-refractivity contribution in [2.24, 2.45) is 0 Å². The van der Waals surface area contributed by atoms with Crippen molar-refractivity contribution in [3.63, 3.8) is 0 Å². The van der Waals surface area contributed by atoms with Gasteiger partial charge in [-0.25, -0.2) is 4.57 Å². The number of phosphoric ester groups is 1. The van der Waals surface area contributed by atoms with Gasteiger partial charge in [0.05, 0.1) is 39.9 Å². The summed E-state index contributed by atoms with van der Waals surface area (Å²) in [6.07, 6.45) is 64.5. The predicted molar refractivity (Wildman–Crippen MR) is 287 cm³/mol. The number of aliphatic hydroxyl groups is 2. The summed E-state index contributed by atoms with van der Waals surface area (Å²) in [5, 5.41) is 24.7. The van der Waals surface area contributed by atoms with E-state index in [1.165, 1.54) is 44.9 Å². The van der Waals surface area contributed by atoms with E-state index >= 15 is 0 Å². The lowest BCUT2D eigenvalue weighted by Crippen LogP contribution is -2.51. The Labute approximate surface area is 411 Å². The van der Waals surface area contributed by atoms with Crippen LogP contribution in [0.15, 0.2) is 109 Å². The van der Waals surface area contributed by atoms with Crippen LogP contribution in [0.1, 0.15) is 187 Å². The highest BCUT2D eigenvalue weighted by Gasteiger charge is 2.31. The minimum atomic E-state index is -4.44. The van der Waals surface area contributed by atoms with Crippen LogP contribution in [0.3, 0.4) is 0 Å². The SMILES string of the molecule is CC/C=C\C/C=C\C/C=C\C/C=C\C/C=C\C/C=C\C/C=C\C/C=C\CCCCCCCCC(=O)NC(COP(=O)(O)OCC[N+](C)(C)C)C(O)C(O)CCC/C=C/CCCCCCCCC. The van der Waals surface area contributed by atoms with Crippen molar-refractivity contribution in [1.82, 2.24) is 5.32 Å². The first-order chi connectivity index (χ1) is 32.4. The van der Waals surface area contributed by atoms with Crippen molar-refractivity contribution in [2.75, 3.05) is 40.9 Å². The number of nitrogens with one attached hydrogen (secondary N) is 1. The first kappa shape index (κ1) is 64.1. The van der Waals surface area contributed by atoms with E-state index in [0.717, 1.165) is 103 Å². The van der Waals surface area contributed by atoms with E-state index in [4.69, 9.17) is 9.05 Å². The van der Waals surface area contributed by atoms with E-state index in [2.05, 4.69) is 129 Å². The van der Waals surface area contributed by atoms with E-state index in [0.29, 0.717) is 30.3 Å². The van der Waals surface area contributed by atoms with Crippen LogP contribution in [-0.4, -0.2) is 84.6 Å². The number of carbonyl (C=O) groups excluding carboxylic acids is 1. The van der Waals surface area contributed by atoms with E-state index in [-0.39, 0.29) is 18.9 Å². The fourth-order valence-electron chi connectivity index (χ4n) is 6.92. The molecule has 384 valence electrons. The van der Waals surface area contributed by atoms with Crippen LogP contribution in [0.2, 0.25) is 0 Å². The van der Waals surface area contributed by atoms with Crippen molar-refractivity contribution in [3.8, 4) is 0 Å². The van der Waals surface area contributed by atoms with Gasteiger partial charge in [0.2, 0.25) is 5.91 Å². The Morgan fingerprint density at radius 1 is 0.537 bits per heavy atom. The Morgan fingerprint density at radius 3 is 1.37 bits per heavy atom. The summed E-state index contributed by atoms with van der Waals surface area (Å²) in [4.78, 5) is 23.3. The average molecular weight is 956 g/mol. The zero-order valence-corrected chi connectivity index (χ0v) is 44.1. The quantitative estimate of drug-likeness (QED) is 0.0207. The van der Waals surface area contributed by atoms with Gasteiger partial charge in [-0.15, -0.1) is 0 Å². The minimum absolute atomic E-state index is 0.00704. The van der Waals surface area contributed by atoms with E-state index in [9.17, 15) is 24.5 Å². The molecule has 0 aliphatic carbocycles. The average Bonchev–Trinajstić information content (AvgIpc) is 3.29. The number of allylic oxidation sites excluding steroid dienone is 18. The molecule has 4 unspecified atom stereocenters. The van der Waals surface area contributed by atoms with Crippen LogP contribution in [0, 0.1) is 0 Å². The second-order valence-corrected chi connectivity index (χ2v) is 20.1. The van der Waals surface area contributed by atoms with Crippen molar-refractivity contribution < 1.29 is 38.0 Å². The summed E-state index contributed by atoms with van der Waals surface area (Å²) in [7, 11) is 1.39. The van der Waals surface area contributed by atoms with Gasteiger partial charge in [-0.05, 0) is 103 Å². The highest BCUT2D eigenvalue weighted by molar-refractivity contribution is 7.47. The molecule has 0 heterocycles. The lowest BCUT2D eigenvalue weighted by atomic mass is 10.0. The Bertz CT molecular complexity index is 1470. The molecule has 0 saturated carbocycles. The number of nitrogens with zero attached hydrogens (tertiary/aromatic N) is 1. The molecule has 0 aromatic carbocycles. The number of hydrogen-bond acceptors (Lipinski definition) is 6. The number of aliphatic hydroxyl groups excluding tert-OH is 2. The van der Waals surface area contributed by atoms with E-state index < -0.39 is 32.7 Å². The van der Waals surface area contributed by atoms with Crippen LogP contribution in [0.5, 0.6) is 0 Å². The van der Waals surface area contributed by atoms with Crippen LogP contribution in [-0.2, 0) is 18.4 Å². The molecule has 9 nitrogen and oxygen atoms in total. The monoisotopic (exact) mass is 956 g/mol. The normalized spacial score (nSPS) is 15.4. The molecule has 4 N–H and O–H groups in total. The maximum absolute atomic E-state index is 13.0. The number of hydrogen-bond donors (Lipinski definition) is 4. The molecule has 0 aromatic rings. The third-order valence-electron chi connectivity index (χ3n) is 11.1. The smallest absolute Gasteiger partial charge is 0.390 e. The second kappa shape index (κ2) is 46.8. The summed E-state index contributed by atoms with van der Waals surface area (Å²) in [5.41, 5.74) is 0. The van der Waals surface area contributed by atoms with Crippen LogP contribution >= 0.6 is 7.82 Å². The minimum Gasteiger partial charge on any atom is -0.390 e. The second-order valence-electron chi connectivity index (χ2n) is 18.6. The Morgan fingerprint density at radius 2 is 0.925 bits per heavy atom. The molecule has 0 aliphatic rings. The third kappa shape index (κ3) is 48.0. The predicted octanol–water partition coefficient (Wildman–Crippen LogP) is 14.6. The van der Waals surface area contributed by atoms with E-state index in [1.807, 2.05) is 21.1 Å². The Hall–Kier alpha value is -2.88. The number of rotatable bonds is 46. The first-order valence-electron chi connectivity index (χ1n) is 26.3. The van der Waals surface area contributed by atoms with Gasteiger partial charge < -0.3 is 24.9 Å². The lowest BCUT2D eigenvalue weighted by molar-refractivity contribution is -0.870. The molecule has 10 heteroatoms. The Balaban J connectivity index is 4.35. The molecule has 0 fully saturated rings. The molecule has 1 amide bonds. The topological polar surface area (TPSA) is 125 Å². The van der Waals surface area contributed by atoms with Gasteiger partial charge in [-0.3, -0.25) is 13.8 Å². The summed E-state index contributed by atoms with van der Waals surface area (Å²) in [6.45, 7) is 4.43. The summed E-state index contributed by atoms with van der Waals surface area (Å²) < 4.78 is 23.5. The summed E-state index contributed by atoms with van der Waals surface area (Å²) in [6, 6.07) is -1.07. The highest BCUT2D eigenvalue weighted by atomic mass is 31.2. The molecule has 0 saturated heterocycles. The van der Waals surface area contributed by atoms with Crippen molar-refractivity contribution in [1.29, 1.82) is 0 Å². The largest absolute Gasteiger partial charge is 0.472 e. The maximum atomic E-state index is 13.0. The number of amides is 1. The maximum Gasteiger partial charge on any atom is 0.472 e. The van der Waals surface area contributed by atoms with Crippen LogP contribution in [0.25, 0.3) is 0 Å². The van der Waals surface area contributed by atoms with Crippen LogP contribution in [0.4, 0.5) is 0 Å². The van der Waals surface area contributed by atoms with E-state index in [1.54, 1.807) is 0 Å². The van der Waals surface area contributed by atoms with Gasteiger partial charge in [0.25, 0.3) is 0 Å². The van der Waals surface area contributed by atoms with Crippen molar-refractivity contribution in [3.05, 3.63) is 109 Å². The molecule has 0 aliphatic heterocycles. The van der Waals surface area contributed by atoms with Crippen molar-refractivity contribution in [2.45, 2.75) is 205 Å². The molecule has 0 rings (SSSR count). The number of likely N-dealkylation sites (N-methyl/N-ethyl adjacent to an activating group) is 1. The third-order valence-corrected chi connectivity index (χ3v) is 12.1. The fourth-order valence-corrected chi connectivity index (χ4v) is 7.66. The van der Waals surface area contributed by atoms with Gasteiger partial charge in [-0.2, -0.15) is 0 Å². The van der Waals surface area contributed by atoms with Gasteiger partial charge in [0, 0.05) is 6.42 Å². The molecule has 67 heavy (non-hydrogen) atoms. The molecule has 0 radical (unpaired) electrons. The lowest BCUT2D eigenvalue weighted by Gasteiger charge is -2.28. The molecule has 4 atom stereocenters. The molecule has 0 aromatic heterocycles. The standard InChI is InChI=1S/C57H99N2O7P/c1-6-8-10-12-14-16-18-20-21-22-23-24-25-26-27-28-29-30-31-32-33-34-35-36-37-38-40-42-44-46-48-50-56(61)58-54(53-66-67(63,64)65-52-51-59(3,4)5)57(62)55(60)49-47-45-43-41-39-19-17-15-13-11-9-7-2/h8,10,14,16,20-21,23-24,26-27,29-30,32-33,35-36,41,43,54-55,57,60,62H,6-7,9,11-13,15,17-19,22,25,28,31,34,37-40,42,44-53H2,1-5H3,(H-,58,61,63,64)/p+1/b10-8-,16-14-,21-20-,24-23-,27-26-,30-29-,33-32-,36-35-,43-41+. The zero-order valence-electron chi connectivity index (χ0n) is 43.2. The highest BCUT2D eigenvalue weighted by Crippen LogP contribution is 2.43. The Kier molecular flexibility index (Phi) is 44.8. The molecular weight excluding hydrogens is 856 g/mol. The summed E-state index contributed by atoms with van der Waals surface area (Å²) >= 11 is 0. The number of quaternary nitrogens is 1. The zero-order chi connectivity index (χ0) is 49.4. The summed E-state index contributed by atoms with van der Waals surface area (Å²) in [5.74, 6) is -0.289. The molecule has 0 bridgehead atoms. The van der Waals surface area contributed by atoms with Crippen molar-refractivity contribution >= 4 is 13.7 Å². The molecule has 0 spiro atoms. The fraction of sp³-hybridized carbons (Fsp3) is 0.667. The first-order valence-corrected chi connectivity index (χ1v) is 27.8. The molecular formula is C57H100N2O7P+. The number of carbonyl (C=O) groups is 1.